The quantitative estimate of drug-likeness (QED) is 0.915. The number of ether oxygens (including phenoxy) is 1. The van der Waals surface area contributed by atoms with Crippen LogP contribution >= 0.6 is 0 Å². The fourth-order valence-electron chi connectivity index (χ4n) is 3.16. The van der Waals surface area contributed by atoms with Crippen LogP contribution in [0.5, 0.6) is 5.88 Å². The second-order valence-corrected chi connectivity index (χ2v) is 5.65. The summed E-state index contributed by atoms with van der Waals surface area (Å²) in [6.45, 7) is 2.15. The van der Waals surface area contributed by atoms with Crippen molar-refractivity contribution in [1.29, 1.82) is 5.26 Å². The summed E-state index contributed by atoms with van der Waals surface area (Å²) in [5.41, 5.74) is -0.180. The van der Waals surface area contributed by atoms with Gasteiger partial charge < -0.3 is 9.84 Å². The lowest BCUT2D eigenvalue weighted by Gasteiger charge is -2.38. The molecular formula is C16H22N2O2. The number of aliphatic hydroxyl groups excluding tert-OH is 1. The molecule has 1 fully saturated rings. The van der Waals surface area contributed by atoms with E-state index < -0.39 is 11.5 Å². The molecule has 108 valence electrons. The summed E-state index contributed by atoms with van der Waals surface area (Å²) in [5.74, 6) is 0.987. The van der Waals surface area contributed by atoms with Crippen LogP contribution in [0.4, 0.5) is 0 Å². The molecule has 4 nitrogen and oxygen atoms in total. The Hall–Kier alpha value is -1.60. The summed E-state index contributed by atoms with van der Waals surface area (Å²) < 4.78 is 5.10. The molecule has 2 rings (SSSR count). The third-order valence-corrected chi connectivity index (χ3v) is 4.45. The van der Waals surface area contributed by atoms with Crippen LogP contribution in [0.3, 0.4) is 0 Å². The number of hydrogen-bond donors (Lipinski definition) is 1. The van der Waals surface area contributed by atoms with Crippen LogP contribution < -0.4 is 4.74 Å². The molecule has 20 heavy (non-hydrogen) atoms. The smallest absolute Gasteiger partial charge is 0.213 e. The molecule has 1 aliphatic rings. The predicted octanol–water partition coefficient (Wildman–Crippen LogP) is 3.23. The van der Waals surface area contributed by atoms with Crippen molar-refractivity contribution in [2.45, 2.75) is 45.1 Å². The largest absolute Gasteiger partial charge is 0.481 e. The summed E-state index contributed by atoms with van der Waals surface area (Å²) in [5, 5.41) is 20.3. The van der Waals surface area contributed by atoms with Gasteiger partial charge in [0, 0.05) is 6.07 Å². The first-order valence-electron chi connectivity index (χ1n) is 7.25. The summed E-state index contributed by atoms with van der Waals surface area (Å²) in [4.78, 5) is 4.29. The molecule has 0 radical (unpaired) electrons. The molecule has 0 bridgehead atoms. The Morgan fingerprint density at radius 3 is 3.05 bits per heavy atom. The van der Waals surface area contributed by atoms with Crippen LogP contribution in [0.15, 0.2) is 18.2 Å². The number of aromatic nitrogens is 1. The maximum atomic E-state index is 10.7. The summed E-state index contributed by atoms with van der Waals surface area (Å²) in [6, 6.07) is 7.69. The standard InChI is InChI=1S/C16H22N2O2/c1-3-12-6-5-9-16(10-12,11-17)15(19)13-7-4-8-14(18-13)20-2/h4,7-8,12,15,19H,3,5-6,9-10H2,1-2H3. The second kappa shape index (κ2) is 6.23. The van der Waals surface area contributed by atoms with Crippen molar-refractivity contribution in [2.24, 2.45) is 11.3 Å². The fourth-order valence-corrected chi connectivity index (χ4v) is 3.16. The van der Waals surface area contributed by atoms with E-state index in [4.69, 9.17) is 4.74 Å². The Morgan fingerprint density at radius 1 is 1.60 bits per heavy atom. The topological polar surface area (TPSA) is 66.1 Å². The van der Waals surface area contributed by atoms with Crippen LogP contribution in [0.1, 0.15) is 50.8 Å². The molecule has 1 aliphatic carbocycles. The lowest BCUT2D eigenvalue weighted by Crippen LogP contribution is -2.34. The molecule has 1 aromatic rings. The number of nitrogens with zero attached hydrogens (tertiary/aromatic N) is 2. The maximum Gasteiger partial charge on any atom is 0.213 e. The highest BCUT2D eigenvalue weighted by Crippen LogP contribution is 2.48. The van der Waals surface area contributed by atoms with E-state index in [1.165, 1.54) is 0 Å². The van der Waals surface area contributed by atoms with Crippen molar-refractivity contribution in [2.75, 3.05) is 7.11 Å². The van der Waals surface area contributed by atoms with Crippen molar-refractivity contribution in [3.8, 4) is 11.9 Å². The highest BCUT2D eigenvalue weighted by atomic mass is 16.5. The second-order valence-electron chi connectivity index (χ2n) is 5.65. The zero-order chi connectivity index (χ0) is 14.6. The van der Waals surface area contributed by atoms with Gasteiger partial charge in [0.25, 0.3) is 0 Å². The minimum absolute atomic E-state index is 0.470. The third-order valence-electron chi connectivity index (χ3n) is 4.45. The monoisotopic (exact) mass is 274 g/mol. The highest BCUT2D eigenvalue weighted by molar-refractivity contribution is 5.22. The van der Waals surface area contributed by atoms with Gasteiger partial charge in [-0.05, 0) is 24.8 Å². The molecule has 1 aromatic heterocycles. The van der Waals surface area contributed by atoms with Crippen LogP contribution in [0.25, 0.3) is 0 Å². The number of rotatable bonds is 4. The van der Waals surface area contributed by atoms with E-state index in [0.717, 1.165) is 32.1 Å². The van der Waals surface area contributed by atoms with Crippen LogP contribution in [0, 0.1) is 22.7 Å². The highest BCUT2D eigenvalue weighted by Gasteiger charge is 2.43. The van der Waals surface area contributed by atoms with Crippen molar-refractivity contribution in [3.05, 3.63) is 23.9 Å². The van der Waals surface area contributed by atoms with Crippen LogP contribution in [-0.2, 0) is 0 Å². The zero-order valence-corrected chi connectivity index (χ0v) is 12.2. The average Bonchev–Trinajstić information content (AvgIpc) is 2.54. The first-order valence-corrected chi connectivity index (χ1v) is 7.25. The molecule has 3 atom stereocenters. The summed E-state index contributed by atoms with van der Waals surface area (Å²) in [6.07, 6.45) is 3.84. The van der Waals surface area contributed by atoms with E-state index >= 15 is 0 Å². The number of methoxy groups -OCH3 is 1. The SMILES string of the molecule is CCC1CCCC(C#N)(C(O)c2cccc(OC)n2)C1. The minimum atomic E-state index is -0.850. The number of pyridine rings is 1. The lowest BCUT2D eigenvalue weighted by molar-refractivity contribution is 0.0154. The molecule has 1 saturated carbocycles. The van der Waals surface area contributed by atoms with Crippen LogP contribution in [0.2, 0.25) is 0 Å². The van der Waals surface area contributed by atoms with Gasteiger partial charge in [0.1, 0.15) is 6.10 Å². The van der Waals surface area contributed by atoms with Gasteiger partial charge in [0.15, 0.2) is 0 Å². The van der Waals surface area contributed by atoms with Crippen molar-refractivity contribution in [3.63, 3.8) is 0 Å². The van der Waals surface area contributed by atoms with Gasteiger partial charge in [-0.3, -0.25) is 0 Å². The van der Waals surface area contributed by atoms with Gasteiger partial charge in [0.2, 0.25) is 5.88 Å². The van der Waals surface area contributed by atoms with Crippen molar-refractivity contribution in [1.82, 2.24) is 4.98 Å². The first-order chi connectivity index (χ1) is 9.65. The number of aliphatic hydroxyl groups is 1. The van der Waals surface area contributed by atoms with E-state index in [-0.39, 0.29) is 0 Å². The average molecular weight is 274 g/mol. The Bertz CT molecular complexity index is 497. The Labute approximate surface area is 120 Å². The van der Waals surface area contributed by atoms with E-state index in [1.54, 1.807) is 25.3 Å². The lowest BCUT2D eigenvalue weighted by atomic mass is 9.66. The molecule has 3 unspecified atom stereocenters. The van der Waals surface area contributed by atoms with Crippen LogP contribution in [-0.4, -0.2) is 17.2 Å². The molecule has 1 heterocycles. The van der Waals surface area contributed by atoms with Gasteiger partial charge in [-0.25, -0.2) is 4.98 Å². The Kier molecular flexibility index (Phi) is 4.61. The minimum Gasteiger partial charge on any atom is -0.481 e. The maximum absolute atomic E-state index is 10.7. The third kappa shape index (κ3) is 2.78. The van der Waals surface area contributed by atoms with E-state index in [0.29, 0.717) is 17.5 Å². The Morgan fingerprint density at radius 2 is 2.40 bits per heavy atom. The molecule has 0 saturated heterocycles. The van der Waals surface area contributed by atoms with Gasteiger partial charge in [-0.1, -0.05) is 32.3 Å². The van der Waals surface area contributed by atoms with Crippen molar-refractivity contribution < 1.29 is 9.84 Å². The van der Waals surface area contributed by atoms with Gasteiger partial charge in [0.05, 0.1) is 24.3 Å². The van der Waals surface area contributed by atoms with E-state index in [9.17, 15) is 10.4 Å². The molecule has 0 aliphatic heterocycles. The summed E-state index contributed by atoms with van der Waals surface area (Å²) >= 11 is 0. The molecule has 0 aromatic carbocycles. The zero-order valence-electron chi connectivity index (χ0n) is 12.2. The fraction of sp³-hybridized carbons (Fsp3) is 0.625. The molecule has 4 heteroatoms. The molecule has 0 spiro atoms. The first kappa shape index (κ1) is 14.8. The Balaban J connectivity index is 2.28. The van der Waals surface area contributed by atoms with Gasteiger partial charge >= 0.3 is 0 Å². The molecule has 0 amide bonds. The molecule has 1 N–H and O–H groups in total. The van der Waals surface area contributed by atoms with Gasteiger partial charge in [-0.2, -0.15) is 5.26 Å². The van der Waals surface area contributed by atoms with E-state index in [2.05, 4.69) is 18.0 Å². The number of nitriles is 1. The van der Waals surface area contributed by atoms with Crippen molar-refractivity contribution >= 4 is 0 Å². The van der Waals surface area contributed by atoms with E-state index in [1.807, 2.05) is 0 Å². The number of hydrogen-bond acceptors (Lipinski definition) is 4. The molecular weight excluding hydrogens is 252 g/mol. The predicted molar refractivity (Wildman–Crippen MR) is 76.0 cm³/mol. The summed E-state index contributed by atoms with van der Waals surface area (Å²) in [7, 11) is 1.55. The normalized spacial score (nSPS) is 27.6. The van der Waals surface area contributed by atoms with Gasteiger partial charge in [-0.15, -0.1) is 0 Å².